The van der Waals surface area contributed by atoms with Gasteiger partial charge in [-0.15, -0.1) is 0 Å². The maximum Gasteiger partial charge on any atom is 0.157 e. The standard InChI is InChI=1S/C25H26O3/c1-26-24-18-17-23(28-24)19-27-25(20-11-5-2-6-12-20,21-13-7-3-8-14-21)22-15-9-4-10-16-22/h2-16,23-24H,17-19H2,1H3/t23-,24?/m0/s1. The maximum atomic E-state index is 6.78. The third-order valence-corrected chi connectivity index (χ3v) is 5.36. The van der Waals surface area contributed by atoms with Crippen LogP contribution in [0.2, 0.25) is 0 Å². The molecule has 0 spiro atoms. The molecule has 0 aliphatic carbocycles. The van der Waals surface area contributed by atoms with Crippen molar-refractivity contribution in [2.45, 2.75) is 30.8 Å². The molecular formula is C25H26O3. The Labute approximate surface area is 166 Å². The van der Waals surface area contributed by atoms with Gasteiger partial charge in [-0.25, -0.2) is 0 Å². The zero-order chi connectivity index (χ0) is 19.2. The molecule has 0 aromatic heterocycles. The molecule has 1 saturated heterocycles. The van der Waals surface area contributed by atoms with Gasteiger partial charge in [0.15, 0.2) is 6.29 Å². The summed E-state index contributed by atoms with van der Waals surface area (Å²) >= 11 is 0. The summed E-state index contributed by atoms with van der Waals surface area (Å²) in [7, 11) is 1.69. The monoisotopic (exact) mass is 374 g/mol. The molecule has 0 amide bonds. The first kappa shape index (κ1) is 18.9. The molecule has 2 atom stereocenters. The number of methoxy groups -OCH3 is 1. The fourth-order valence-corrected chi connectivity index (χ4v) is 3.96. The highest BCUT2D eigenvalue weighted by atomic mass is 16.7. The van der Waals surface area contributed by atoms with Crippen LogP contribution in [-0.2, 0) is 19.8 Å². The van der Waals surface area contributed by atoms with Crippen molar-refractivity contribution >= 4 is 0 Å². The molecule has 0 saturated carbocycles. The van der Waals surface area contributed by atoms with Gasteiger partial charge in [-0.1, -0.05) is 91.0 Å². The van der Waals surface area contributed by atoms with Crippen LogP contribution in [0.5, 0.6) is 0 Å². The Hall–Kier alpha value is -2.46. The molecule has 3 heteroatoms. The summed E-state index contributed by atoms with van der Waals surface area (Å²) in [4.78, 5) is 0. The van der Waals surface area contributed by atoms with Gasteiger partial charge in [0.2, 0.25) is 0 Å². The number of hydrogen-bond acceptors (Lipinski definition) is 3. The maximum absolute atomic E-state index is 6.78. The Balaban J connectivity index is 1.77. The predicted octanol–water partition coefficient (Wildman–Crippen LogP) is 5.15. The fraction of sp³-hybridized carbons (Fsp3) is 0.280. The van der Waals surface area contributed by atoms with Crippen LogP contribution in [0.4, 0.5) is 0 Å². The van der Waals surface area contributed by atoms with Crippen molar-refractivity contribution < 1.29 is 14.2 Å². The number of hydrogen-bond donors (Lipinski definition) is 0. The van der Waals surface area contributed by atoms with Gasteiger partial charge in [0.1, 0.15) is 5.60 Å². The van der Waals surface area contributed by atoms with Gasteiger partial charge in [-0.3, -0.25) is 0 Å². The lowest BCUT2D eigenvalue weighted by Crippen LogP contribution is -2.35. The van der Waals surface area contributed by atoms with Crippen LogP contribution in [0.15, 0.2) is 91.0 Å². The van der Waals surface area contributed by atoms with E-state index in [-0.39, 0.29) is 12.4 Å². The summed E-state index contributed by atoms with van der Waals surface area (Å²) in [6.45, 7) is 0.499. The Bertz CT molecular complexity index is 752. The van der Waals surface area contributed by atoms with Gasteiger partial charge in [-0.2, -0.15) is 0 Å². The second-order valence-corrected chi connectivity index (χ2v) is 7.09. The molecule has 0 bridgehead atoms. The van der Waals surface area contributed by atoms with E-state index in [2.05, 4.69) is 72.8 Å². The van der Waals surface area contributed by atoms with Crippen molar-refractivity contribution in [2.24, 2.45) is 0 Å². The van der Waals surface area contributed by atoms with Crippen molar-refractivity contribution in [1.82, 2.24) is 0 Å². The second kappa shape index (κ2) is 8.70. The quantitative estimate of drug-likeness (QED) is 0.536. The van der Waals surface area contributed by atoms with E-state index in [0.717, 1.165) is 29.5 Å². The fourth-order valence-electron chi connectivity index (χ4n) is 3.96. The molecule has 1 aliphatic heterocycles. The van der Waals surface area contributed by atoms with Crippen LogP contribution in [0.25, 0.3) is 0 Å². The molecule has 0 radical (unpaired) electrons. The summed E-state index contributed by atoms with van der Waals surface area (Å²) in [6, 6.07) is 31.3. The molecule has 0 N–H and O–H groups in total. The van der Waals surface area contributed by atoms with Crippen molar-refractivity contribution in [2.75, 3.05) is 13.7 Å². The van der Waals surface area contributed by atoms with Crippen molar-refractivity contribution in [3.05, 3.63) is 108 Å². The topological polar surface area (TPSA) is 27.7 Å². The van der Waals surface area contributed by atoms with E-state index in [4.69, 9.17) is 14.2 Å². The molecule has 1 heterocycles. The third kappa shape index (κ3) is 3.74. The lowest BCUT2D eigenvalue weighted by molar-refractivity contribution is -0.138. The summed E-state index contributed by atoms with van der Waals surface area (Å²) in [6.07, 6.45) is 1.74. The Kier molecular flexibility index (Phi) is 5.87. The number of benzene rings is 3. The molecule has 1 aliphatic rings. The van der Waals surface area contributed by atoms with E-state index in [1.165, 1.54) is 0 Å². The largest absolute Gasteiger partial charge is 0.358 e. The SMILES string of the molecule is COC1CC[C@@H](COC(c2ccccc2)(c2ccccc2)c2ccccc2)O1. The third-order valence-electron chi connectivity index (χ3n) is 5.36. The average Bonchev–Trinajstić information content (AvgIpc) is 3.25. The van der Waals surface area contributed by atoms with Crippen LogP contribution in [-0.4, -0.2) is 26.1 Å². The second-order valence-electron chi connectivity index (χ2n) is 7.09. The summed E-state index contributed by atoms with van der Waals surface area (Å²) in [5, 5.41) is 0. The van der Waals surface area contributed by atoms with Crippen LogP contribution in [0.1, 0.15) is 29.5 Å². The van der Waals surface area contributed by atoms with E-state index < -0.39 is 5.60 Å². The van der Waals surface area contributed by atoms with Crippen LogP contribution in [0, 0.1) is 0 Å². The van der Waals surface area contributed by atoms with Gasteiger partial charge < -0.3 is 14.2 Å². The molecule has 4 rings (SSSR count). The minimum Gasteiger partial charge on any atom is -0.358 e. The van der Waals surface area contributed by atoms with Gasteiger partial charge >= 0.3 is 0 Å². The minimum atomic E-state index is -0.696. The minimum absolute atomic E-state index is 0.0282. The first-order valence-electron chi connectivity index (χ1n) is 9.81. The number of ether oxygens (including phenoxy) is 3. The zero-order valence-electron chi connectivity index (χ0n) is 16.2. The molecule has 1 unspecified atom stereocenters. The highest BCUT2D eigenvalue weighted by molar-refractivity contribution is 5.47. The highest BCUT2D eigenvalue weighted by Crippen LogP contribution is 2.41. The van der Waals surface area contributed by atoms with Gasteiger partial charge in [-0.05, 0) is 23.1 Å². The lowest BCUT2D eigenvalue weighted by atomic mass is 9.80. The van der Waals surface area contributed by atoms with Gasteiger partial charge in [0.25, 0.3) is 0 Å². The normalized spacial score (nSPS) is 19.6. The van der Waals surface area contributed by atoms with E-state index in [1.807, 2.05) is 18.2 Å². The van der Waals surface area contributed by atoms with E-state index >= 15 is 0 Å². The van der Waals surface area contributed by atoms with Crippen molar-refractivity contribution in [3.63, 3.8) is 0 Å². The number of rotatable bonds is 7. The zero-order valence-corrected chi connectivity index (χ0v) is 16.2. The first-order chi connectivity index (χ1) is 13.8. The first-order valence-corrected chi connectivity index (χ1v) is 9.81. The molecule has 1 fully saturated rings. The Morgan fingerprint density at radius 1 is 0.750 bits per heavy atom. The summed E-state index contributed by atoms with van der Waals surface area (Å²) < 4.78 is 18.1. The van der Waals surface area contributed by atoms with Crippen molar-refractivity contribution in [1.29, 1.82) is 0 Å². The summed E-state index contributed by atoms with van der Waals surface area (Å²) in [5.41, 5.74) is 2.62. The van der Waals surface area contributed by atoms with Gasteiger partial charge in [0, 0.05) is 13.5 Å². The Morgan fingerprint density at radius 2 is 1.21 bits per heavy atom. The van der Waals surface area contributed by atoms with Crippen LogP contribution in [0.3, 0.4) is 0 Å². The van der Waals surface area contributed by atoms with E-state index in [0.29, 0.717) is 6.61 Å². The van der Waals surface area contributed by atoms with E-state index in [1.54, 1.807) is 7.11 Å². The molecule has 28 heavy (non-hydrogen) atoms. The lowest BCUT2D eigenvalue weighted by Gasteiger charge is -2.36. The van der Waals surface area contributed by atoms with Gasteiger partial charge in [0.05, 0.1) is 12.7 Å². The predicted molar refractivity (Wildman–Crippen MR) is 110 cm³/mol. The average molecular weight is 374 g/mol. The molecule has 3 aromatic carbocycles. The Morgan fingerprint density at radius 3 is 1.61 bits per heavy atom. The molecular weight excluding hydrogens is 348 g/mol. The van der Waals surface area contributed by atoms with E-state index in [9.17, 15) is 0 Å². The van der Waals surface area contributed by atoms with Crippen LogP contribution >= 0.6 is 0 Å². The van der Waals surface area contributed by atoms with Crippen molar-refractivity contribution in [3.8, 4) is 0 Å². The van der Waals surface area contributed by atoms with Crippen LogP contribution < -0.4 is 0 Å². The smallest absolute Gasteiger partial charge is 0.157 e. The molecule has 3 nitrogen and oxygen atoms in total. The molecule has 144 valence electrons. The highest BCUT2D eigenvalue weighted by Gasteiger charge is 2.39. The summed E-state index contributed by atoms with van der Waals surface area (Å²) in [5.74, 6) is 0. The molecule has 3 aromatic rings.